The van der Waals surface area contributed by atoms with Crippen molar-refractivity contribution in [2.45, 2.75) is 6.92 Å². The second-order valence-electron chi connectivity index (χ2n) is 3.96. The monoisotopic (exact) mass is 245 g/mol. The number of anilines is 1. The zero-order chi connectivity index (χ0) is 13.1. The molecule has 0 N–H and O–H groups in total. The minimum atomic E-state index is -0.102. The highest BCUT2D eigenvalue weighted by molar-refractivity contribution is 6.06. The van der Waals surface area contributed by atoms with Gasteiger partial charge in [0.2, 0.25) is 0 Å². The van der Waals surface area contributed by atoms with Crippen LogP contribution in [0.1, 0.15) is 16.1 Å². The fourth-order valence-electron chi connectivity index (χ4n) is 1.72. The first-order valence-corrected chi connectivity index (χ1v) is 5.59. The average Bonchev–Trinajstić information content (AvgIpc) is 2.83. The summed E-state index contributed by atoms with van der Waals surface area (Å²) in [7, 11) is 3.32. The van der Waals surface area contributed by atoms with E-state index >= 15 is 0 Å². The van der Waals surface area contributed by atoms with Gasteiger partial charge in [0.25, 0.3) is 5.91 Å². The molecule has 2 rings (SSSR count). The Bertz CT molecular complexity index is 560. The van der Waals surface area contributed by atoms with Crippen molar-refractivity contribution in [1.29, 1.82) is 0 Å². The van der Waals surface area contributed by atoms with Crippen LogP contribution in [0.3, 0.4) is 0 Å². The van der Waals surface area contributed by atoms with Gasteiger partial charge >= 0.3 is 0 Å². The summed E-state index contributed by atoms with van der Waals surface area (Å²) >= 11 is 0. The summed E-state index contributed by atoms with van der Waals surface area (Å²) in [6.07, 6.45) is 1.52. The van der Waals surface area contributed by atoms with E-state index in [0.29, 0.717) is 11.3 Å². The Hall–Kier alpha value is -2.23. The summed E-state index contributed by atoms with van der Waals surface area (Å²) in [4.78, 5) is 13.8. The van der Waals surface area contributed by atoms with Gasteiger partial charge in [0, 0.05) is 18.8 Å². The second kappa shape index (κ2) is 4.96. The van der Waals surface area contributed by atoms with Crippen LogP contribution in [0.5, 0.6) is 5.75 Å². The molecule has 2 aromatic rings. The molecular formula is C14H15NO3. The third-order valence-corrected chi connectivity index (χ3v) is 2.83. The summed E-state index contributed by atoms with van der Waals surface area (Å²) < 4.78 is 10.3. The number of ether oxygens (including phenoxy) is 1. The highest BCUT2D eigenvalue weighted by Gasteiger charge is 2.17. The molecule has 0 spiro atoms. The van der Waals surface area contributed by atoms with Crippen molar-refractivity contribution in [3.8, 4) is 5.75 Å². The first kappa shape index (κ1) is 12.2. The van der Waals surface area contributed by atoms with Gasteiger partial charge in [0.15, 0.2) is 0 Å². The maximum Gasteiger partial charge on any atom is 0.261 e. The predicted molar refractivity (Wildman–Crippen MR) is 69.2 cm³/mol. The summed E-state index contributed by atoms with van der Waals surface area (Å²) in [6, 6.07) is 9.03. The first-order valence-electron chi connectivity index (χ1n) is 5.59. The standard InChI is InChI=1S/C14H15NO3/c1-10-13(7-8-18-10)14(16)15(2)11-5-4-6-12(9-11)17-3/h4-9H,1-3H3. The molecule has 1 aromatic carbocycles. The fourth-order valence-corrected chi connectivity index (χ4v) is 1.72. The highest BCUT2D eigenvalue weighted by Crippen LogP contribution is 2.22. The van der Waals surface area contributed by atoms with Gasteiger partial charge in [-0.05, 0) is 25.1 Å². The molecule has 0 aliphatic heterocycles. The maximum atomic E-state index is 12.3. The molecular weight excluding hydrogens is 230 g/mol. The molecule has 0 radical (unpaired) electrons. The van der Waals surface area contributed by atoms with E-state index in [9.17, 15) is 4.79 Å². The Morgan fingerprint density at radius 1 is 1.33 bits per heavy atom. The minimum absolute atomic E-state index is 0.102. The third-order valence-electron chi connectivity index (χ3n) is 2.83. The Balaban J connectivity index is 2.28. The Labute approximate surface area is 106 Å². The lowest BCUT2D eigenvalue weighted by molar-refractivity contribution is 0.0991. The molecule has 0 bridgehead atoms. The van der Waals surface area contributed by atoms with E-state index in [2.05, 4.69) is 0 Å². The van der Waals surface area contributed by atoms with E-state index in [4.69, 9.17) is 9.15 Å². The van der Waals surface area contributed by atoms with Crippen molar-refractivity contribution in [2.75, 3.05) is 19.1 Å². The van der Waals surface area contributed by atoms with Crippen LogP contribution in [0.15, 0.2) is 41.0 Å². The number of hydrogen-bond acceptors (Lipinski definition) is 3. The highest BCUT2D eigenvalue weighted by atomic mass is 16.5. The molecule has 1 aromatic heterocycles. The lowest BCUT2D eigenvalue weighted by Crippen LogP contribution is -2.26. The first-order chi connectivity index (χ1) is 8.63. The number of hydrogen-bond donors (Lipinski definition) is 0. The SMILES string of the molecule is COc1cccc(N(C)C(=O)c2ccoc2C)c1. The van der Waals surface area contributed by atoms with E-state index < -0.39 is 0 Å². The molecule has 0 fully saturated rings. The molecule has 0 atom stereocenters. The van der Waals surface area contributed by atoms with E-state index in [1.165, 1.54) is 6.26 Å². The van der Waals surface area contributed by atoms with Crippen molar-refractivity contribution in [3.63, 3.8) is 0 Å². The number of nitrogens with zero attached hydrogens (tertiary/aromatic N) is 1. The van der Waals surface area contributed by atoms with E-state index in [1.54, 1.807) is 32.0 Å². The number of methoxy groups -OCH3 is 1. The predicted octanol–water partition coefficient (Wildman–Crippen LogP) is 2.87. The van der Waals surface area contributed by atoms with Crippen LogP contribution in [0.4, 0.5) is 5.69 Å². The van der Waals surface area contributed by atoms with Crippen molar-refractivity contribution in [1.82, 2.24) is 0 Å². The normalized spacial score (nSPS) is 10.2. The fraction of sp³-hybridized carbons (Fsp3) is 0.214. The second-order valence-corrected chi connectivity index (χ2v) is 3.96. The molecule has 94 valence electrons. The van der Waals surface area contributed by atoms with Crippen LogP contribution in [-0.2, 0) is 0 Å². The number of amides is 1. The number of furan rings is 1. The van der Waals surface area contributed by atoms with Gasteiger partial charge in [0.05, 0.1) is 18.9 Å². The van der Waals surface area contributed by atoms with Gasteiger partial charge in [0.1, 0.15) is 11.5 Å². The van der Waals surface area contributed by atoms with Gasteiger partial charge in [-0.15, -0.1) is 0 Å². The van der Waals surface area contributed by atoms with E-state index in [-0.39, 0.29) is 5.91 Å². The van der Waals surface area contributed by atoms with Crippen LogP contribution in [0.2, 0.25) is 0 Å². The number of rotatable bonds is 3. The average molecular weight is 245 g/mol. The van der Waals surface area contributed by atoms with E-state index in [0.717, 1.165) is 11.4 Å². The zero-order valence-corrected chi connectivity index (χ0v) is 10.6. The quantitative estimate of drug-likeness (QED) is 0.835. The smallest absolute Gasteiger partial charge is 0.261 e. The number of benzene rings is 1. The maximum absolute atomic E-state index is 12.3. The molecule has 0 unspecified atom stereocenters. The largest absolute Gasteiger partial charge is 0.497 e. The molecule has 0 saturated heterocycles. The molecule has 0 saturated carbocycles. The lowest BCUT2D eigenvalue weighted by Gasteiger charge is -2.17. The number of carbonyl (C=O) groups is 1. The zero-order valence-electron chi connectivity index (χ0n) is 10.6. The summed E-state index contributed by atoms with van der Waals surface area (Å²) in [5.41, 5.74) is 1.35. The van der Waals surface area contributed by atoms with Gasteiger partial charge in [-0.2, -0.15) is 0 Å². The number of aryl methyl sites for hydroxylation is 1. The summed E-state index contributed by atoms with van der Waals surface area (Å²) in [6.45, 7) is 1.77. The van der Waals surface area contributed by atoms with Gasteiger partial charge in [-0.3, -0.25) is 4.79 Å². The van der Waals surface area contributed by atoms with Crippen LogP contribution in [0, 0.1) is 6.92 Å². The Morgan fingerprint density at radius 3 is 2.72 bits per heavy atom. The molecule has 0 aliphatic carbocycles. The summed E-state index contributed by atoms with van der Waals surface area (Å²) in [5.74, 6) is 1.24. The van der Waals surface area contributed by atoms with E-state index in [1.807, 2.05) is 24.3 Å². The molecule has 4 heteroatoms. The summed E-state index contributed by atoms with van der Waals surface area (Å²) in [5, 5.41) is 0. The molecule has 4 nitrogen and oxygen atoms in total. The lowest BCUT2D eigenvalue weighted by atomic mass is 10.2. The van der Waals surface area contributed by atoms with Gasteiger partial charge in [-0.1, -0.05) is 6.07 Å². The van der Waals surface area contributed by atoms with Crippen molar-refractivity contribution in [2.24, 2.45) is 0 Å². The van der Waals surface area contributed by atoms with Crippen molar-refractivity contribution in [3.05, 3.63) is 47.9 Å². The van der Waals surface area contributed by atoms with Crippen LogP contribution in [0.25, 0.3) is 0 Å². The number of carbonyl (C=O) groups excluding carboxylic acids is 1. The van der Waals surface area contributed by atoms with Crippen molar-refractivity contribution < 1.29 is 13.9 Å². The molecule has 1 heterocycles. The molecule has 1 amide bonds. The van der Waals surface area contributed by atoms with Crippen LogP contribution in [-0.4, -0.2) is 20.1 Å². The van der Waals surface area contributed by atoms with Crippen LogP contribution < -0.4 is 9.64 Å². The molecule has 18 heavy (non-hydrogen) atoms. The molecule has 0 aliphatic rings. The van der Waals surface area contributed by atoms with Gasteiger partial charge in [-0.25, -0.2) is 0 Å². The van der Waals surface area contributed by atoms with Crippen molar-refractivity contribution >= 4 is 11.6 Å². The minimum Gasteiger partial charge on any atom is -0.497 e. The van der Waals surface area contributed by atoms with Crippen LogP contribution >= 0.6 is 0 Å². The Morgan fingerprint density at radius 2 is 2.11 bits per heavy atom. The third kappa shape index (κ3) is 2.22. The topological polar surface area (TPSA) is 42.7 Å². The van der Waals surface area contributed by atoms with Gasteiger partial charge < -0.3 is 14.1 Å². The Kier molecular flexibility index (Phi) is 3.37.